The van der Waals surface area contributed by atoms with Crippen molar-refractivity contribution in [2.45, 2.75) is 58.4 Å². The van der Waals surface area contributed by atoms with Gasteiger partial charge in [0.15, 0.2) is 5.82 Å². The van der Waals surface area contributed by atoms with Gasteiger partial charge in [0.2, 0.25) is 5.90 Å². The molecule has 170 valence electrons. The fourth-order valence-electron chi connectivity index (χ4n) is 3.60. The number of hydrogen-bond donors (Lipinski definition) is 0. The predicted octanol–water partition coefficient (Wildman–Crippen LogP) is 7.61. The molecule has 3 aromatic rings. The Labute approximate surface area is 196 Å². The molecule has 5 nitrogen and oxygen atoms in total. The fraction of sp³-hybridized carbons (Fsp3) is 0.357. The van der Waals surface area contributed by atoms with Crippen LogP contribution < -0.4 is 0 Å². The van der Waals surface area contributed by atoms with Gasteiger partial charge in [0, 0.05) is 0 Å². The number of hydrogen-bond acceptors (Lipinski definition) is 5. The van der Waals surface area contributed by atoms with Gasteiger partial charge >= 0.3 is 0 Å². The Balaban J connectivity index is 1.60. The number of nitrogens with zero attached hydrogens (tertiary/aromatic N) is 4. The molecule has 0 N–H and O–H groups in total. The lowest BCUT2D eigenvalue weighted by Gasteiger charge is -2.25. The molecule has 1 aromatic heterocycles. The van der Waals surface area contributed by atoms with Crippen molar-refractivity contribution >= 4 is 17.4 Å². The van der Waals surface area contributed by atoms with E-state index in [-0.39, 0.29) is 16.9 Å². The van der Waals surface area contributed by atoms with E-state index in [1.807, 2.05) is 36.4 Å². The molecule has 0 saturated heterocycles. The minimum absolute atomic E-state index is 0.00996. The number of azo groups is 1. The van der Waals surface area contributed by atoms with Gasteiger partial charge < -0.3 is 4.74 Å². The average molecular weight is 441 g/mol. The third-order valence-corrected chi connectivity index (χ3v) is 5.71. The van der Waals surface area contributed by atoms with Crippen LogP contribution in [0.1, 0.15) is 70.0 Å². The van der Waals surface area contributed by atoms with Gasteiger partial charge in [-0.1, -0.05) is 84.0 Å². The van der Waals surface area contributed by atoms with Gasteiger partial charge in [-0.2, -0.15) is 0 Å². The Bertz CT molecular complexity index is 1150. The number of aliphatic imine (C=N–C) groups is 1. The van der Waals surface area contributed by atoms with Crippen molar-refractivity contribution in [1.82, 2.24) is 4.98 Å². The van der Waals surface area contributed by atoms with Crippen LogP contribution in [0.2, 0.25) is 0 Å². The summed E-state index contributed by atoms with van der Waals surface area (Å²) in [6.45, 7) is 13.8. The van der Waals surface area contributed by atoms with Crippen LogP contribution in [0.4, 0.5) is 11.5 Å². The molecular formula is C28H32N4O. The highest BCUT2D eigenvalue weighted by atomic mass is 16.5. The number of ether oxygens (including phenoxy) is 1. The number of rotatable bonds is 4. The molecule has 2 aromatic carbocycles. The van der Waals surface area contributed by atoms with Crippen molar-refractivity contribution in [1.29, 1.82) is 0 Å². The van der Waals surface area contributed by atoms with Crippen molar-refractivity contribution < 1.29 is 4.74 Å². The van der Waals surface area contributed by atoms with Crippen LogP contribution >= 0.6 is 0 Å². The van der Waals surface area contributed by atoms with E-state index in [4.69, 9.17) is 9.73 Å². The summed E-state index contributed by atoms with van der Waals surface area (Å²) in [5.74, 6) is 1.08. The second-order valence-corrected chi connectivity index (χ2v) is 10.5. The van der Waals surface area contributed by atoms with Crippen molar-refractivity contribution in [3.63, 3.8) is 0 Å². The Morgan fingerprint density at radius 3 is 2.09 bits per heavy atom. The third-order valence-electron chi connectivity index (χ3n) is 5.71. The van der Waals surface area contributed by atoms with Gasteiger partial charge in [0.1, 0.15) is 18.3 Å². The lowest BCUT2D eigenvalue weighted by atomic mass is 9.80. The van der Waals surface area contributed by atoms with Gasteiger partial charge in [-0.25, -0.2) is 9.98 Å². The van der Waals surface area contributed by atoms with Gasteiger partial charge in [-0.05, 0) is 51.8 Å². The van der Waals surface area contributed by atoms with E-state index in [2.05, 4.69) is 87.1 Å². The van der Waals surface area contributed by atoms with E-state index >= 15 is 0 Å². The Hall–Kier alpha value is -3.34. The first-order valence-corrected chi connectivity index (χ1v) is 11.4. The number of pyridine rings is 1. The molecule has 0 bridgehead atoms. The maximum absolute atomic E-state index is 5.85. The summed E-state index contributed by atoms with van der Waals surface area (Å²) in [5, 5.41) is 8.97. The first-order valence-electron chi connectivity index (χ1n) is 11.4. The molecular weight excluding hydrogens is 408 g/mol. The monoisotopic (exact) mass is 440 g/mol. The van der Waals surface area contributed by atoms with Gasteiger partial charge in [0.05, 0.1) is 5.69 Å². The molecule has 0 amide bonds. The Morgan fingerprint density at radius 2 is 1.45 bits per heavy atom. The largest absolute Gasteiger partial charge is 0.474 e. The molecule has 33 heavy (non-hydrogen) atoms. The molecule has 0 spiro atoms. The first-order chi connectivity index (χ1) is 15.6. The standard InChI is InChI=1S/C28H32N4O/c1-27(2,3)20-15-21(28(4,5)6)17-22(16-20)31-32-25-14-10-13-23(29-25)26-30-24(18-33-26)19-11-8-7-9-12-19/h7-17,24H,18H2,1-6H3/t24-/m1/s1. The van der Waals surface area contributed by atoms with Crippen LogP contribution in [0.5, 0.6) is 0 Å². The van der Waals surface area contributed by atoms with Gasteiger partial charge in [-0.15, -0.1) is 10.2 Å². The summed E-state index contributed by atoms with van der Waals surface area (Å²) in [7, 11) is 0. The topological polar surface area (TPSA) is 59.2 Å². The van der Waals surface area contributed by atoms with E-state index in [9.17, 15) is 0 Å². The molecule has 1 aliphatic rings. The molecule has 0 saturated carbocycles. The molecule has 4 rings (SSSR count). The first kappa shape index (κ1) is 22.8. The predicted molar refractivity (Wildman–Crippen MR) is 134 cm³/mol. The summed E-state index contributed by atoms with van der Waals surface area (Å²) in [6, 6.07) is 22.3. The maximum atomic E-state index is 5.85. The van der Waals surface area contributed by atoms with E-state index < -0.39 is 0 Å². The minimum Gasteiger partial charge on any atom is -0.474 e. The quantitative estimate of drug-likeness (QED) is 0.392. The van der Waals surface area contributed by atoms with Crippen LogP contribution in [-0.2, 0) is 15.6 Å². The summed E-state index contributed by atoms with van der Waals surface area (Å²) in [4.78, 5) is 9.35. The fourth-order valence-corrected chi connectivity index (χ4v) is 3.60. The molecule has 0 aliphatic carbocycles. The van der Waals surface area contributed by atoms with Crippen LogP contribution in [0, 0.1) is 0 Å². The van der Waals surface area contributed by atoms with Crippen molar-refractivity contribution in [3.05, 3.63) is 89.1 Å². The SMILES string of the molecule is CC(C)(C)c1cc(N=Nc2cccc(C3=N[C@@H](c4ccccc4)CO3)n2)cc(C(C)(C)C)c1. The summed E-state index contributed by atoms with van der Waals surface area (Å²) >= 11 is 0. The van der Waals surface area contributed by atoms with Crippen LogP contribution in [0.3, 0.4) is 0 Å². The zero-order chi connectivity index (χ0) is 23.6. The third kappa shape index (κ3) is 5.54. The molecule has 1 aliphatic heterocycles. The molecule has 5 heteroatoms. The zero-order valence-electron chi connectivity index (χ0n) is 20.3. The van der Waals surface area contributed by atoms with E-state index in [1.165, 1.54) is 11.1 Å². The molecule has 0 radical (unpaired) electrons. The summed E-state index contributed by atoms with van der Waals surface area (Å²) < 4.78 is 5.85. The second-order valence-electron chi connectivity index (χ2n) is 10.5. The normalized spacial score (nSPS) is 16.7. The average Bonchev–Trinajstić information content (AvgIpc) is 3.28. The maximum Gasteiger partial charge on any atom is 0.236 e. The molecule has 0 unspecified atom stereocenters. The highest BCUT2D eigenvalue weighted by Crippen LogP contribution is 2.33. The zero-order valence-corrected chi connectivity index (χ0v) is 20.3. The van der Waals surface area contributed by atoms with Crippen molar-refractivity contribution in [2.75, 3.05) is 6.61 Å². The number of benzene rings is 2. The van der Waals surface area contributed by atoms with Gasteiger partial charge in [-0.3, -0.25) is 0 Å². The molecule has 2 heterocycles. The smallest absolute Gasteiger partial charge is 0.236 e. The van der Waals surface area contributed by atoms with Gasteiger partial charge in [0.25, 0.3) is 0 Å². The number of aromatic nitrogens is 1. The Morgan fingerprint density at radius 1 is 0.788 bits per heavy atom. The highest BCUT2D eigenvalue weighted by Gasteiger charge is 2.23. The van der Waals surface area contributed by atoms with E-state index in [1.54, 1.807) is 0 Å². The van der Waals surface area contributed by atoms with E-state index in [0.29, 0.717) is 24.0 Å². The van der Waals surface area contributed by atoms with Crippen LogP contribution in [0.15, 0.2) is 82.0 Å². The van der Waals surface area contributed by atoms with Crippen LogP contribution in [0.25, 0.3) is 0 Å². The molecule has 0 fully saturated rings. The molecule has 1 atom stereocenters. The van der Waals surface area contributed by atoms with Crippen molar-refractivity contribution in [2.24, 2.45) is 15.2 Å². The second kappa shape index (κ2) is 8.89. The highest BCUT2D eigenvalue weighted by molar-refractivity contribution is 5.93. The van der Waals surface area contributed by atoms with Crippen molar-refractivity contribution in [3.8, 4) is 0 Å². The lowest BCUT2D eigenvalue weighted by molar-refractivity contribution is 0.319. The summed E-state index contributed by atoms with van der Waals surface area (Å²) in [5.41, 5.74) is 5.17. The minimum atomic E-state index is -0.00996. The lowest BCUT2D eigenvalue weighted by Crippen LogP contribution is -2.16. The van der Waals surface area contributed by atoms with E-state index in [0.717, 1.165) is 11.3 Å². The summed E-state index contributed by atoms with van der Waals surface area (Å²) in [6.07, 6.45) is 0. The Kier molecular flexibility index (Phi) is 6.15. The van der Waals surface area contributed by atoms with Crippen LogP contribution in [-0.4, -0.2) is 17.5 Å².